The maximum absolute atomic E-state index is 14.1. The zero-order valence-corrected chi connectivity index (χ0v) is 13.4. The molecule has 2 N–H and O–H groups in total. The van der Waals surface area contributed by atoms with Crippen LogP contribution in [0.1, 0.15) is 37.2 Å². The lowest BCUT2D eigenvalue weighted by Crippen LogP contribution is -2.40. The molecule has 114 valence electrons. The summed E-state index contributed by atoms with van der Waals surface area (Å²) >= 11 is 6.39. The Balaban J connectivity index is 2.44. The topological polar surface area (TPSA) is 43.8 Å². The van der Waals surface area contributed by atoms with Crippen LogP contribution in [0.3, 0.4) is 0 Å². The molecule has 0 bridgehead atoms. The molecule has 1 aromatic carbocycles. The first-order valence-corrected chi connectivity index (χ1v) is 7.54. The Hall–Kier alpha value is -1.39. The molecule has 5 heteroatoms. The number of rotatable bonds is 5. The van der Waals surface area contributed by atoms with Gasteiger partial charge in [0.25, 0.3) is 0 Å². The predicted octanol–water partition coefficient (Wildman–Crippen LogP) is 3.58. The Labute approximate surface area is 129 Å². The first-order valence-electron chi connectivity index (χ1n) is 7.17. The molecule has 1 atom stereocenters. The van der Waals surface area contributed by atoms with Crippen LogP contribution in [0.2, 0.25) is 5.02 Å². The van der Waals surface area contributed by atoms with Crippen LogP contribution in [0, 0.1) is 5.82 Å². The van der Waals surface area contributed by atoms with Crippen molar-refractivity contribution in [2.75, 3.05) is 0 Å². The molecular weight excluding hydrogens is 289 g/mol. The number of hydrogen-bond acceptors (Lipinski definition) is 2. The van der Waals surface area contributed by atoms with Crippen LogP contribution in [0.4, 0.5) is 4.39 Å². The normalized spacial score (nSPS) is 14.2. The largest absolute Gasteiger partial charge is 0.321 e. The average molecular weight is 310 g/mol. The first-order chi connectivity index (χ1) is 9.92. The quantitative estimate of drug-likeness (QED) is 0.917. The number of nitrogens with zero attached hydrogens (tertiary/aromatic N) is 2. The summed E-state index contributed by atoms with van der Waals surface area (Å²) in [5.74, 6) is -0.282. The van der Waals surface area contributed by atoms with E-state index < -0.39 is 5.54 Å². The van der Waals surface area contributed by atoms with Gasteiger partial charge in [-0.2, -0.15) is 5.10 Å². The summed E-state index contributed by atoms with van der Waals surface area (Å²) in [6.45, 7) is 3.96. The SMILES string of the molecule is CCc1nn(C)c(CC(N)(CC)c2ccccc2F)c1Cl. The standard InChI is InChI=1S/C16H21ClFN3/c1-4-13-15(17)14(21(3)20-13)10-16(19,5-2)11-8-6-7-9-12(11)18/h6-9H,4-5,10,19H2,1-3H3. The van der Waals surface area contributed by atoms with Crippen LogP contribution >= 0.6 is 11.6 Å². The van der Waals surface area contributed by atoms with E-state index in [1.54, 1.807) is 22.9 Å². The van der Waals surface area contributed by atoms with Crippen molar-refractivity contribution >= 4 is 11.6 Å². The van der Waals surface area contributed by atoms with E-state index >= 15 is 0 Å². The van der Waals surface area contributed by atoms with E-state index in [1.807, 2.05) is 20.9 Å². The summed E-state index contributed by atoms with van der Waals surface area (Å²) in [6, 6.07) is 6.65. The fourth-order valence-corrected chi connectivity index (χ4v) is 2.95. The molecule has 21 heavy (non-hydrogen) atoms. The van der Waals surface area contributed by atoms with Crippen LogP contribution in [0.25, 0.3) is 0 Å². The molecule has 1 aromatic heterocycles. The lowest BCUT2D eigenvalue weighted by atomic mass is 9.83. The Kier molecular flexibility index (Phi) is 4.69. The van der Waals surface area contributed by atoms with E-state index in [0.29, 0.717) is 23.4 Å². The van der Waals surface area contributed by atoms with Crippen LogP contribution in [-0.4, -0.2) is 9.78 Å². The Morgan fingerprint density at radius 3 is 2.52 bits per heavy atom. The summed E-state index contributed by atoms with van der Waals surface area (Å²) in [6.07, 6.45) is 1.82. The van der Waals surface area contributed by atoms with Gasteiger partial charge < -0.3 is 5.73 Å². The molecule has 2 aromatic rings. The monoisotopic (exact) mass is 309 g/mol. The fraction of sp³-hybridized carbons (Fsp3) is 0.438. The third-order valence-corrected chi connectivity index (χ3v) is 4.46. The van der Waals surface area contributed by atoms with Crippen LogP contribution in [0.5, 0.6) is 0 Å². The van der Waals surface area contributed by atoms with E-state index in [-0.39, 0.29) is 5.82 Å². The van der Waals surface area contributed by atoms with Crippen molar-refractivity contribution in [3.05, 3.63) is 52.1 Å². The number of nitrogens with two attached hydrogens (primary N) is 1. The van der Waals surface area contributed by atoms with Gasteiger partial charge in [-0.05, 0) is 18.9 Å². The number of hydrogen-bond donors (Lipinski definition) is 1. The average Bonchev–Trinajstić information content (AvgIpc) is 2.75. The minimum absolute atomic E-state index is 0.282. The van der Waals surface area contributed by atoms with E-state index in [0.717, 1.165) is 17.8 Å². The highest BCUT2D eigenvalue weighted by atomic mass is 35.5. The molecule has 0 aliphatic rings. The summed E-state index contributed by atoms with van der Waals surface area (Å²) in [4.78, 5) is 0. The molecule has 0 aliphatic carbocycles. The Morgan fingerprint density at radius 1 is 1.33 bits per heavy atom. The summed E-state index contributed by atoms with van der Waals surface area (Å²) < 4.78 is 15.9. The minimum atomic E-state index is -0.798. The lowest BCUT2D eigenvalue weighted by Gasteiger charge is -2.29. The molecule has 0 saturated carbocycles. The fourth-order valence-electron chi connectivity index (χ4n) is 2.59. The zero-order chi connectivity index (χ0) is 15.6. The van der Waals surface area contributed by atoms with Crippen molar-refractivity contribution in [1.29, 1.82) is 0 Å². The van der Waals surface area contributed by atoms with Crippen molar-refractivity contribution in [2.45, 2.75) is 38.6 Å². The molecule has 0 aliphatic heterocycles. The second kappa shape index (κ2) is 6.16. The van der Waals surface area contributed by atoms with Gasteiger partial charge >= 0.3 is 0 Å². The van der Waals surface area contributed by atoms with Crippen LogP contribution in [0.15, 0.2) is 24.3 Å². The Bertz CT molecular complexity index is 638. The second-order valence-electron chi connectivity index (χ2n) is 5.35. The van der Waals surface area contributed by atoms with Gasteiger partial charge in [0.2, 0.25) is 0 Å². The Morgan fingerprint density at radius 2 is 2.00 bits per heavy atom. The van der Waals surface area contributed by atoms with Gasteiger partial charge in [-0.25, -0.2) is 4.39 Å². The van der Waals surface area contributed by atoms with Gasteiger partial charge in [0, 0.05) is 24.6 Å². The second-order valence-corrected chi connectivity index (χ2v) is 5.73. The van der Waals surface area contributed by atoms with Crippen molar-refractivity contribution in [1.82, 2.24) is 9.78 Å². The molecule has 0 fully saturated rings. The minimum Gasteiger partial charge on any atom is -0.321 e. The zero-order valence-electron chi connectivity index (χ0n) is 12.7. The maximum atomic E-state index is 14.1. The smallest absolute Gasteiger partial charge is 0.128 e. The van der Waals surface area contributed by atoms with E-state index in [1.165, 1.54) is 6.07 Å². The molecule has 3 nitrogen and oxygen atoms in total. The predicted molar refractivity (Wildman–Crippen MR) is 83.9 cm³/mol. The molecule has 1 unspecified atom stereocenters. The van der Waals surface area contributed by atoms with E-state index in [9.17, 15) is 4.39 Å². The van der Waals surface area contributed by atoms with Gasteiger partial charge in [0.05, 0.1) is 16.4 Å². The molecule has 1 heterocycles. The number of halogens is 2. The van der Waals surface area contributed by atoms with Gasteiger partial charge in [0.15, 0.2) is 0 Å². The van der Waals surface area contributed by atoms with Crippen LogP contribution in [-0.2, 0) is 25.4 Å². The van der Waals surface area contributed by atoms with E-state index in [4.69, 9.17) is 17.3 Å². The van der Waals surface area contributed by atoms with Crippen molar-refractivity contribution in [2.24, 2.45) is 12.8 Å². The third kappa shape index (κ3) is 2.97. The third-order valence-electron chi connectivity index (χ3n) is 4.03. The number of aromatic nitrogens is 2. The molecule has 0 radical (unpaired) electrons. The van der Waals surface area contributed by atoms with Crippen molar-refractivity contribution < 1.29 is 4.39 Å². The van der Waals surface area contributed by atoms with Gasteiger partial charge in [-0.3, -0.25) is 4.68 Å². The van der Waals surface area contributed by atoms with Crippen LogP contribution < -0.4 is 5.73 Å². The number of benzene rings is 1. The lowest BCUT2D eigenvalue weighted by molar-refractivity contribution is 0.392. The highest BCUT2D eigenvalue weighted by Crippen LogP contribution is 2.32. The van der Waals surface area contributed by atoms with Crippen molar-refractivity contribution in [3.63, 3.8) is 0 Å². The summed E-state index contributed by atoms with van der Waals surface area (Å²) in [5.41, 5.74) is 7.92. The molecule has 0 saturated heterocycles. The summed E-state index contributed by atoms with van der Waals surface area (Å²) in [7, 11) is 1.85. The maximum Gasteiger partial charge on any atom is 0.128 e. The highest BCUT2D eigenvalue weighted by Gasteiger charge is 2.31. The highest BCUT2D eigenvalue weighted by molar-refractivity contribution is 6.31. The van der Waals surface area contributed by atoms with Gasteiger partial charge in [0.1, 0.15) is 5.82 Å². The first kappa shape index (κ1) is 16.0. The summed E-state index contributed by atoms with van der Waals surface area (Å²) in [5, 5.41) is 5.04. The molecule has 2 rings (SSSR count). The molecule has 0 spiro atoms. The van der Waals surface area contributed by atoms with E-state index in [2.05, 4.69) is 5.10 Å². The molecular formula is C16H21ClFN3. The molecule has 0 amide bonds. The van der Waals surface area contributed by atoms with Gasteiger partial charge in [-0.15, -0.1) is 0 Å². The van der Waals surface area contributed by atoms with Gasteiger partial charge in [-0.1, -0.05) is 43.6 Å². The van der Waals surface area contributed by atoms with Crippen molar-refractivity contribution in [3.8, 4) is 0 Å². The number of aryl methyl sites for hydroxylation is 2.